The van der Waals surface area contributed by atoms with E-state index in [1.165, 1.54) is 21.1 Å². The molecular weight excluding hydrogens is 596 g/mol. The Morgan fingerprint density at radius 2 is 1.60 bits per heavy atom. The van der Waals surface area contributed by atoms with Crippen molar-refractivity contribution in [1.29, 1.82) is 0 Å². The lowest BCUT2D eigenvalue weighted by molar-refractivity contribution is -0.364. The second-order valence-electron chi connectivity index (χ2n) is 11.6. The Bertz CT molecular complexity index is 1470. The first-order valence-electron chi connectivity index (χ1n) is 14.7. The molecule has 45 heavy (non-hydrogen) atoms. The molecule has 242 valence electrons. The molecule has 3 saturated heterocycles. The molecule has 2 aromatic rings. The molecule has 5 aliphatic rings. The first-order chi connectivity index (χ1) is 21.7. The van der Waals surface area contributed by atoms with Crippen molar-refractivity contribution in [1.82, 2.24) is 0 Å². The smallest absolute Gasteiger partial charge is 0.310 e. The van der Waals surface area contributed by atoms with Gasteiger partial charge in [0.15, 0.2) is 35.6 Å². The van der Waals surface area contributed by atoms with E-state index in [1.54, 1.807) is 31.2 Å². The number of benzene rings is 2. The summed E-state index contributed by atoms with van der Waals surface area (Å²) >= 11 is 0. The number of esters is 2. The molecule has 0 radical (unpaired) electrons. The zero-order valence-electron chi connectivity index (χ0n) is 25.0. The van der Waals surface area contributed by atoms with Gasteiger partial charge in [0.25, 0.3) is 0 Å². The molecule has 2 aromatic carbocycles. The number of cyclic esters (lactones) is 1. The van der Waals surface area contributed by atoms with Crippen molar-refractivity contribution in [3.63, 3.8) is 0 Å². The van der Waals surface area contributed by atoms with Crippen LogP contribution in [0.15, 0.2) is 24.3 Å². The summed E-state index contributed by atoms with van der Waals surface area (Å²) in [5.74, 6) is -1.35. The zero-order valence-corrected chi connectivity index (χ0v) is 25.0. The van der Waals surface area contributed by atoms with Gasteiger partial charge in [0.1, 0.15) is 24.4 Å². The molecule has 3 fully saturated rings. The van der Waals surface area contributed by atoms with Crippen molar-refractivity contribution in [2.45, 2.75) is 62.9 Å². The molecule has 14 nitrogen and oxygen atoms in total. The van der Waals surface area contributed by atoms with Crippen LogP contribution in [0, 0.1) is 11.8 Å². The van der Waals surface area contributed by atoms with E-state index in [-0.39, 0.29) is 37.3 Å². The SMILES string of the molecule is COc1cc([C@@H]2c3cc4c(cc3C(OC3OC5COC(C)OC5C(O)C3O)C3COC(=O)[C@@H]32)OCO4)cc(OC)c1OC(C)=O. The molecule has 14 heteroatoms. The summed E-state index contributed by atoms with van der Waals surface area (Å²) in [6.07, 6.45) is -6.91. The minimum Gasteiger partial charge on any atom is -0.493 e. The van der Waals surface area contributed by atoms with Crippen molar-refractivity contribution in [3.05, 3.63) is 41.0 Å². The Labute approximate surface area is 257 Å². The van der Waals surface area contributed by atoms with Gasteiger partial charge in [0, 0.05) is 18.8 Å². The van der Waals surface area contributed by atoms with Gasteiger partial charge >= 0.3 is 11.9 Å². The molecule has 0 bridgehead atoms. The summed E-state index contributed by atoms with van der Waals surface area (Å²) in [6, 6.07) is 6.97. The fourth-order valence-corrected chi connectivity index (χ4v) is 6.97. The molecule has 8 unspecified atom stereocenters. The van der Waals surface area contributed by atoms with Crippen LogP contribution in [-0.2, 0) is 33.3 Å². The average Bonchev–Trinajstić information content (AvgIpc) is 3.65. The van der Waals surface area contributed by atoms with Crippen LogP contribution >= 0.6 is 0 Å². The second kappa shape index (κ2) is 11.6. The monoisotopic (exact) mass is 630 g/mol. The highest BCUT2D eigenvalue weighted by Crippen LogP contribution is 2.57. The van der Waals surface area contributed by atoms with Crippen LogP contribution in [-0.4, -0.2) is 93.4 Å². The molecule has 0 aromatic heterocycles. The number of aliphatic hydroxyl groups is 2. The summed E-state index contributed by atoms with van der Waals surface area (Å²) in [5, 5.41) is 22.0. The van der Waals surface area contributed by atoms with Crippen molar-refractivity contribution in [3.8, 4) is 28.7 Å². The highest BCUT2D eigenvalue weighted by molar-refractivity contribution is 5.79. The minimum atomic E-state index is -1.45. The minimum absolute atomic E-state index is 0.0141. The Morgan fingerprint density at radius 1 is 0.911 bits per heavy atom. The van der Waals surface area contributed by atoms with Crippen molar-refractivity contribution in [2.24, 2.45) is 11.8 Å². The number of carbonyl (C=O) groups is 2. The predicted molar refractivity (Wildman–Crippen MR) is 148 cm³/mol. The van der Waals surface area contributed by atoms with Crippen LogP contribution in [0.4, 0.5) is 0 Å². The summed E-state index contributed by atoms with van der Waals surface area (Å²) < 4.78 is 57.4. The van der Waals surface area contributed by atoms with Gasteiger partial charge in [-0.1, -0.05) is 0 Å². The van der Waals surface area contributed by atoms with Gasteiger partial charge in [0.05, 0.1) is 39.5 Å². The largest absolute Gasteiger partial charge is 0.493 e. The lowest BCUT2D eigenvalue weighted by Crippen LogP contribution is -2.63. The molecule has 1 aliphatic carbocycles. The molecule has 4 heterocycles. The predicted octanol–water partition coefficient (Wildman–Crippen LogP) is 1.56. The van der Waals surface area contributed by atoms with Gasteiger partial charge in [-0.25, -0.2) is 0 Å². The van der Waals surface area contributed by atoms with Crippen LogP contribution < -0.4 is 23.7 Å². The zero-order chi connectivity index (χ0) is 31.6. The van der Waals surface area contributed by atoms with Crippen LogP contribution in [0.25, 0.3) is 0 Å². The Morgan fingerprint density at radius 3 is 2.27 bits per heavy atom. The third kappa shape index (κ3) is 5.05. The number of fused-ring (bicyclic) bond motifs is 4. The van der Waals surface area contributed by atoms with Crippen molar-refractivity contribution < 1.29 is 67.2 Å². The topological polar surface area (TPSA) is 167 Å². The fourth-order valence-electron chi connectivity index (χ4n) is 6.97. The van der Waals surface area contributed by atoms with E-state index in [2.05, 4.69) is 0 Å². The maximum absolute atomic E-state index is 13.5. The lowest BCUT2D eigenvalue weighted by atomic mass is 9.66. The van der Waals surface area contributed by atoms with Gasteiger partial charge in [-0.3, -0.25) is 9.59 Å². The highest BCUT2D eigenvalue weighted by Gasteiger charge is 2.56. The van der Waals surface area contributed by atoms with Crippen LogP contribution in [0.1, 0.15) is 42.6 Å². The van der Waals surface area contributed by atoms with E-state index in [1.807, 2.05) is 0 Å². The van der Waals surface area contributed by atoms with Gasteiger partial charge in [-0.2, -0.15) is 0 Å². The molecule has 0 amide bonds. The number of rotatable bonds is 6. The maximum atomic E-state index is 13.5. The molecule has 7 rings (SSSR count). The van der Waals surface area contributed by atoms with Crippen molar-refractivity contribution in [2.75, 3.05) is 34.2 Å². The standard InChI is InChI=1S/C31H34O14/c1-12(32)42-28-20(36-3)5-14(6-21(28)37-4)23-15-7-18-19(41-11-40-18)8-16(15)27(17-9-39-30(35)24(17)23)45-31-26(34)25(33)29-22(44-31)10-38-13(2)43-29/h5-8,13,17,22-27,29,31,33-34H,9-11H2,1-4H3/t13?,17?,22?,23-,24+,25?,26?,27?,29?,31?/m1/s1. The number of ether oxygens (including phenoxy) is 10. The first kappa shape index (κ1) is 30.0. The normalized spacial score (nSPS) is 34.7. The van der Waals surface area contributed by atoms with E-state index in [0.29, 0.717) is 28.2 Å². The Balaban J connectivity index is 1.32. The van der Waals surface area contributed by atoms with Crippen LogP contribution in [0.2, 0.25) is 0 Å². The molecule has 4 aliphatic heterocycles. The number of hydrogen-bond acceptors (Lipinski definition) is 14. The average molecular weight is 631 g/mol. The number of aliphatic hydroxyl groups excluding tert-OH is 2. The van der Waals surface area contributed by atoms with Gasteiger partial charge in [0.2, 0.25) is 12.5 Å². The Hall–Kier alpha value is -3.66. The molecular formula is C31H34O14. The van der Waals surface area contributed by atoms with E-state index in [4.69, 9.17) is 47.4 Å². The van der Waals surface area contributed by atoms with E-state index in [0.717, 1.165) is 0 Å². The van der Waals surface area contributed by atoms with Gasteiger partial charge in [-0.15, -0.1) is 0 Å². The summed E-state index contributed by atoms with van der Waals surface area (Å²) in [4.78, 5) is 25.4. The third-order valence-electron chi connectivity index (χ3n) is 8.97. The number of carbonyl (C=O) groups excluding carboxylic acids is 2. The maximum Gasteiger partial charge on any atom is 0.310 e. The third-order valence-corrected chi connectivity index (χ3v) is 8.97. The summed E-state index contributed by atoms with van der Waals surface area (Å²) in [7, 11) is 2.87. The van der Waals surface area contributed by atoms with E-state index >= 15 is 0 Å². The fraction of sp³-hybridized carbons (Fsp3) is 0.548. The van der Waals surface area contributed by atoms with E-state index < -0.39 is 72.8 Å². The molecule has 2 N–H and O–H groups in total. The van der Waals surface area contributed by atoms with Gasteiger partial charge in [-0.05, 0) is 47.9 Å². The quantitative estimate of drug-likeness (QED) is 0.349. The number of methoxy groups -OCH3 is 2. The number of hydrogen-bond donors (Lipinski definition) is 2. The second-order valence-corrected chi connectivity index (χ2v) is 11.6. The first-order valence-corrected chi connectivity index (χ1v) is 14.7. The van der Waals surface area contributed by atoms with E-state index in [9.17, 15) is 19.8 Å². The lowest BCUT2D eigenvalue weighted by Gasteiger charge is -2.47. The Kier molecular flexibility index (Phi) is 7.74. The molecule has 0 spiro atoms. The van der Waals surface area contributed by atoms with Gasteiger partial charge < -0.3 is 57.6 Å². The molecule has 10 atom stereocenters. The summed E-state index contributed by atoms with van der Waals surface area (Å²) in [5.41, 5.74) is 1.96. The highest BCUT2D eigenvalue weighted by atomic mass is 16.8. The molecule has 0 saturated carbocycles. The van der Waals surface area contributed by atoms with Crippen molar-refractivity contribution >= 4 is 11.9 Å². The van der Waals surface area contributed by atoms with Crippen LogP contribution in [0.5, 0.6) is 28.7 Å². The van der Waals surface area contributed by atoms with Crippen LogP contribution in [0.3, 0.4) is 0 Å². The summed E-state index contributed by atoms with van der Waals surface area (Å²) in [6.45, 7) is 3.15.